The third-order valence-electron chi connectivity index (χ3n) is 4.15. The Bertz CT molecular complexity index is 1330. The monoisotopic (exact) mass is 459 g/mol. The number of esters is 1. The molecule has 1 aromatic carbocycles. The number of hydrogen-bond donors (Lipinski definition) is 0. The highest BCUT2D eigenvalue weighted by Crippen LogP contribution is 2.31. The van der Waals surface area contributed by atoms with Gasteiger partial charge in [0.15, 0.2) is 0 Å². The highest BCUT2D eigenvalue weighted by molar-refractivity contribution is 7.90. The number of benzene rings is 1. The molecule has 7 nitrogen and oxygen atoms in total. The lowest BCUT2D eigenvalue weighted by molar-refractivity contribution is -0.137. The number of carbonyl (C=O) groups is 1. The van der Waals surface area contributed by atoms with Gasteiger partial charge in [-0.05, 0) is 48.9 Å². The van der Waals surface area contributed by atoms with Gasteiger partial charge in [-0.25, -0.2) is 26.6 Å². The Morgan fingerprint density at radius 3 is 2.71 bits per heavy atom. The first kappa shape index (κ1) is 22.2. The number of hydrogen-bond acceptors (Lipinski definition) is 6. The zero-order chi connectivity index (χ0) is 22.6. The minimum atomic E-state index is -4.29. The Balaban J connectivity index is 2.26. The van der Waals surface area contributed by atoms with Gasteiger partial charge in [0.2, 0.25) is 0 Å². The van der Waals surface area contributed by atoms with Gasteiger partial charge in [0.05, 0.1) is 12.3 Å². The molecule has 0 aliphatic heterocycles. The molecule has 0 bridgehead atoms. The summed E-state index contributed by atoms with van der Waals surface area (Å²) in [5.74, 6) is -1.51. The van der Waals surface area contributed by atoms with Gasteiger partial charge in [-0.1, -0.05) is 23.7 Å². The molecule has 0 amide bonds. The summed E-state index contributed by atoms with van der Waals surface area (Å²) in [7, 11) is -4.29. The maximum absolute atomic E-state index is 14.5. The number of aromatic nitrogens is 2. The van der Waals surface area contributed by atoms with E-state index in [0.717, 1.165) is 10.2 Å². The number of carbonyl (C=O) groups excluding carboxylic acids is 1. The maximum atomic E-state index is 14.5. The number of rotatable bonds is 6. The molecule has 0 atom stereocenters. The van der Waals surface area contributed by atoms with Crippen molar-refractivity contribution in [2.24, 2.45) is 0 Å². The lowest BCUT2D eigenvalue weighted by Crippen LogP contribution is -2.14. The summed E-state index contributed by atoms with van der Waals surface area (Å²) in [5, 5.41) is 9.01. The van der Waals surface area contributed by atoms with Crippen LogP contribution in [0.5, 0.6) is 0 Å². The van der Waals surface area contributed by atoms with Crippen molar-refractivity contribution in [1.82, 2.24) is 8.96 Å². The third-order valence-corrected chi connectivity index (χ3v) is 6.26. The zero-order valence-electron chi connectivity index (χ0n) is 16.1. The highest BCUT2D eigenvalue weighted by atomic mass is 35.5. The van der Waals surface area contributed by atoms with Crippen molar-refractivity contribution >= 4 is 33.7 Å². The quantitative estimate of drug-likeness (QED) is 0.238. The molecular weight excluding hydrogens is 445 g/mol. The van der Waals surface area contributed by atoms with Crippen LogP contribution in [0.2, 0.25) is 5.15 Å². The van der Waals surface area contributed by atoms with E-state index in [1.54, 1.807) is 19.1 Å². The fraction of sp³-hybridized carbons (Fsp3) is 0.0952. The van der Waals surface area contributed by atoms with E-state index >= 15 is 0 Å². The lowest BCUT2D eigenvalue weighted by Gasteiger charge is -2.11. The number of nitrogens with zero attached hydrogens (tertiary/aromatic N) is 3. The van der Waals surface area contributed by atoms with E-state index in [0.29, 0.717) is 0 Å². The van der Waals surface area contributed by atoms with Gasteiger partial charge in [-0.3, -0.25) is 0 Å². The smallest absolute Gasteiger partial charge is 0.348 e. The Morgan fingerprint density at radius 2 is 2.06 bits per heavy atom. The molecule has 0 saturated carbocycles. The van der Waals surface area contributed by atoms with Crippen LogP contribution in [-0.2, 0) is 19.6 Å². The fourth-order valence-corrected chi connectivity index (χ4v) is 4.60. The van der Waals surface area contributed by atoms with Crippen molar-refractivity contribution in [2.75, 3.05) is 6.61 Å². The number of pyridine rings is 1. The second-order valence-electron chi connectivity index (χ2n) is 6.12. The Morgan fingerprint density at radius 1 is 1.32 bits per heavy atom. The molecular formula is C21H15ClFN3O4S. The summed E-state index contributed by atoms with van der Waals surface area (Å²) in [4.78, 5) is 15.4. The predicted molar refractivity (Wildman–Crippen MR) is 112 cm³/mol. The van der Waals surface area contributed by atoms with Gasteiger partial charge >= 0.3 is 5.97 Å². The van der Waals surface area contributed by atoms with Crippen LogP contribution in [0.25, 0.3) is 17.3 Å². The molecule has 0 spiro atoms. The molecule has 31 heavy (non-hydrogen) atoms. The van der Waals surface area contributed by atoms with Crippen molar-refractivity contribution in [3.63, 3.8) is 0 Å². The van der Waals surface area contributed by atoms with Crippen LogP contribution in [-0.4, -0.2) is 30.0 Å². The van der Waals surface area contributed by atoms with Crippen LogP contribution in [0, 0.1) is 17.1 Å². The summed E-state index contributed by atoms with van der Waals surface area (Å²) in [6.07, 6.45) is 3.66. The Kier molecular flexibility index (Phi) is 6.53. The summed E-state index contributed by atoms with van der Waals surface area (Å²) in [5.41, 5.74) is -0.187. The predicted octanol–water partition coefficient (Wildman–Crippen LogP) is 4.05. The molecule has 0 fully saturated rings. The van der Waals surface area contributed by atoms with Crippen LogP contribution in [0.15, 0.2) is 65.3 Å². The third kappa shape index (κ3) is 4.50. The molecule has 0 radical (unpaired) electrons. The van der Waals surface area contributed by atoms with Gasteiger partial charge < -0.3 is 4.74 Å². The number of halogens is 2. The fourth-order valence-electron chi connectivity index (χ4n) is 2.79. The van der Waals surface area contributed by atoms with Crippen molar-refractivity contribution in [2.45, 2.75) is 11.8 Å². The maximum Gasteiger partial charge on any atom is 0.348 e. The van der Waals surface area contributed by atoms with Crippen LogP contribution < -0.4 is 0 Å². The van der Waals surface area contributed by atoms with Crippen molar-refractivity contribution in [1.29, 1.82) is 5.26 Å². The summed E-state index contributed by atoms with van der Waals surface area (Å²) < 4.78 is 46.8. The molecule has 2 heterocycles. The minimum Gasteiger partial charge on any atom is -0.462 e. The van der Waals surface area contributed by atoms with E-state index in [4.69, 9.17) is 16.3 Å². The van der Waals surface area contributed by atoms with E-state index in [-0.39, 0.29) is 39.0 Å². The standard InChI is InChI=1S/C21H15ClFN3O4S/c1-2-30-21(27)15(12-24)10-14-11-18(16-6-3-4-7-17(16)23)26(13-14)31(28,29)19-8-5-9-25-20(19)22/h3-11,13H,2H2,1H3/b15-10+. The number of nitriles is 1. The van der Waals surface area contributed by atoms with Gasteiger partial charge in [-0.2, -0.15) is 5.26 Å². The first-order chi connectivity index (χ1) is 14.8. The molecule has 2 aromatic heterocycles. The first-order valence-electron chi connectivity index (χ1n) is 8.92. The Hall–Kier alpha value is -3.48. The van der Waals surface area contributed by atoms with E-state index < -0.39 is 21.8 Å². The molecule has 0 saturated heterocycles. The van der Waals surface area contributed by atoms with Crippen LogP contribution in [0.1, 0.15) is 12.5 Å². The first-order valence-corrected chi connectivity index (χ1v) is 10.7. The lowest BCUT2D eigenvalue weighted by atomic mass is 10.1. The van der Waals surface area contributed by atoms with Crippen molar-refractivity contribution in [3.05, 3.63) is 77.0 Å². The summed E-state index contributed by atoms with van der Waals surface area (Å²) in [6, 6.07) is 11.3. The molecule has 158 valence electrons. The van der Waals surface area contributed by atoms with E-state index in [2.05, 4.69) is 4.98 Å². The van der Waals surface area contributed by atoms with Crippen LogP contribution in [0.3, 0.4) is 0 Å². The summed E-state index contributed by atoms with van der Waals surface area (Å²) in [6.45, 7) is 1.65. The van der Waals surface area contributed by atoms with E-state index in [1.165, 1.54) is 48.7 Å². The van der Waals surface area contributed by atoms with E-state index in [1.807, 2.05) is 0 Å². The Labute approximate surface area is 183 Å². The second-order valence-corrected chi connectivity index (χ2v) is 8.26. The molecule has 0 N–H and O–H groups in total. The normalized spacial score (nSPS) is 11.7. The van der Waals surface area contributed by atoms with E-state index in [9.17, 15) is 22.9 Å². The molecule has 3 rings (SSSR count). The van der Waals surface area contributed by atoms with Crippen LogP contribution >= 0.6 is 11.6 Å². The largest absolute Gasteiger partial charge is 0.462 e. The zero-order valence-corrected chi connectivity index (χ0v) is 17.7. The van der Waals surface area contributed by atoms with Crippen LogP contribution in [0.4, 0.5) is 4.39 Å². The number of ether oxygens (including phenoxy) is 1. The molecule has 0 unspecified atom stereocenters. The topological polar surface area (TPSA) is 102 Å². The van der Waals surface area contributed by atoms with Gasteiger partial charge in [-0.15, -0.1) is 0 Å². The average molecular weight is 460 g/mol. The molecule has 10 heteroatoms. The molecule has 0 aliphatic rings. The average Bonchev–Trinajstić information content (AvgIpc) is 3.17. The summed E-state index contributed by atoms with van der Waals surface area (Å²) >= 11 is 5.98. The highest BCUT2D eigenvalue weighted by Gasteiger charge is 2.26. The second kappa shape index (κ2) is 9.12. The van der Waals surface area contributed by atoms with Crippen molar-refractivity contribution < 1.29 is 22.3 Å². The van der Waals surface area contributed by atoms with Gasteiger partial charge in [0.25, 0.3) is 10.0 Å². The van der Waals surface area contributed by atoms with Gasteiger partial charge in [0.1, 0.15) is 27.5 Å². The van der Waals surface area contributed by atoms with Crippen molar-refractivity contribution in [3.8, 4) is 17.3 Å². The minimum absolute atomic E-state index is 0.000352. The molecule has 3 aromatic rings. The SMILES string of the molecule is CCOC(=O)/C(C#N)=C/c1cc(-c2ccccc2F)n(S(=O)(=O)c2cccnc2Cl)c1. The van der Waals surface area contributed by atoms with Gasteiger partial charge in [0, 0.05) is 18.0 Å². The molecule has 0 aliphatic carbocycles.